The summed E-state index contributed by atoms with van der Waals surface area (Å²) in [6.45, 7) is 8.44. The summed E-state index contributed by atoms with van der Waals surface area (Å²) in [4.78, 5) is 22.9. The first-order chi connectivity index (χ1) is 18.0. The molecule has 37 heavy (non-hydrogen) atoms. The first kappa shape index (κ1) is 25.3. The van der Waals surface area contributed by atoms with Crippen LogP contribution in [0.2, 0.25) is 0 Å². The van der Waals surface area contributed by atoms with Gasteiger partial charge in [0, 0.05) is 50.3 Å². The molecule has 0 saturated carbocycles. The van der Waals surface area contributed by atoms with Gasteiger partial charge in [-0.1, -0.05) is 12.1 Å². The Hall–Kier alpha value is -1.98. The van der Waals surface area contributed by atoms with Crippen molar-refractivity contribution in [1.29, 1.82) is 0 Å². The van der Waals surface area contributed by atoms with E-state index in [1.54, 1.807) is 10.6 Å². The van der Waals surface area contributed by atoms with Crippen molar-refractivity contribution in [3.05, 3.63) is 56.2 Å². The normalized spacial score (nSPS) is 24.3. The summed E-state index contributed by atoms with van der Waals surface area (Å²) in [5, 5.41) is 8.87. The van der Waals surface area contributed by atoms with Crippen molar-refractivity contribution in [2.45, 2.75) is 31.2 Å². The SMILES string of the molecule is CN1C[C@H](Nc2nc3sccn3c(=O)c2Br)C[C@H](c2ccc(OCCN3CCC4(CC3)CNC4)cc2)C1. The standard InChI is InChI=1S/C27H35BrN6O2S/c1-32-15-20(14-21(16-32)30-24-23(28)25(35)34-11-13-37-26(34)31-24)19-2-4-22(5-3-19)36-12-10-33-8-6-27(7-9-33)17-29-18-27/h2-5,11,13,20-21,29-30H,6-10,12,14-18H2,1H3/t20-,21+/m0/s1. The maximum atomic E-state index is 12.7. The molecule has 3 aromatic rings. The highest BCUT2D eigenvalue weighted by molar-refractivity contribution is 9.10. The molecule has 5 heterocycles. The highest BCUT2D eigenvalue weighted by Gasteiger charge is 2.39. The molecule has 1 spiro atoms. The number of nitrogens with one attached hydrogen (secondary N) is 2. The highest BCUT2D eigenvalue weighted by Crippen LogP contribution is 2.35. The van der Waals surface area contributed by atoms with Crippen molar-refractivity contribution in [1.82, 2.24) is 24.5 Å². The summed E-state index contributed by atoms with van der Waals surface area (Å²) < 4.78 is 8.16. The number of anilines is 1. The van der Waals surface area contributed by atoms with Crippen LogP contribution in [0, 0.1) is 5.41 Å². The lowest BCUT2D eigenvalue weighted by molar-refractivity contribution is 0.0495. The number of hydrogen-bond donors (Lipinski definition) is 2. The van der Waals surface area contributed by atoms with Crippen LogP contribution in [0.5, 0.6) is 5.75 Å². The highest BCUT2D eigenvalue weighted by atomic mass is 79.9. The Morgan fingerprint density at radius 3 is 2.73 bits per heavy atom. The molecule has 8 nitrogen and oxygen atoms in total. The van der Waals surface area contributed by atoms with Crippen molar-refractivity contribution in [2.24, 2.45) is 5.41 Å². The summed E-state index contributed by atoms with van der Waals surface area (Å²) in [6.07, 6.45) is 5.37. The molecule has 0 amide bonds. The number of benzene rings is 1. The molecule has 198 valence electrons. The number of likely N-dealkylation sites (tertiary alicyclic amines) is 2. The van der Waals surface area contributed by atoms with Crippen molar-refractivity contribution in [2.75, 3.05) is 64.8 Å². The van der Waals surface area contributed by atoms with E-state index in [2.05, 4.69) is 72.7 Å². The number of aromatic nitrogens is 2. The van der Waals surface area contributed by atoms with Crippen molar-refractivity contribution in [3.8, 4) is 5.75 Å². The van der Waals surface area contributed by atoms with E-state index in [1.165, 1.54) is 55.9 Å². The van der Waals surface area contributed by atoms with Crippen LogP contribution in [0.25, 0.3) is 4.96 Å². The maximum absolute atomic E-state index is 12.7. The van der Waals surface area contributed by atoms with Gasteiger partial charge in [0.15, 0.2) is 4.96 Å². The minimum absolute atomic E-state index is 0.0788. The first-order valence-corrected chi connectivity index (χ1v) is 14.9. The fourth-order valence-electron chi connectivity index (χ4n) is 6.03. The van der Waals surface area contributed by atoms with Gasteiger partial charge in [0.2, 0.25) is 0 Å². The second-order valence-corrected chi connectivity index (χ2v) is 12.7. The lowest BCUT2D eigenvalue weighted by Gasteiger charge is -2.48. The monoisotopic (exact) mass is 586 g/mol. The second kappa shape index (κ2) is 10.6. The van der Waals surface area contributed by atoms with Crippen LogP contribution >= 0.6 is 27.3 Å². The molecule has 2 N–H and O–H groups in total. The van der Waals surface area contributed by atoms with E-state index in [0.717, 1.165) is 38.4 Å². The quantitative estimate of drug-likeness (QED) is 0.439. The van der Waals surface area contributed by atoms with Gasteiger partial charge in [-0.15, -0.1) is 11.3 Å². The van der Waals surface area contributed by atoms with Gasteiger partial charge in [-0.05, 0) is 84.4 Å². The number of thiazole rings is 1. The largest absolute Gasteiger partial charge is 0.492 e. The van der Waals surface area contributed by atoms with Crippen LogP contribution in [0.1, 0.15) is 30.7 Å². The Bertz CT molecular complexity index is 1280. The van der Waals surface area contributed by atoms with Gasteiger partial charge in [-0.25, -0.2) is 4.98 Å². The third-order valence-electron chi connectivity index (χ3n) is 8.33. The van der Waals surface area contributed by atoms with Gasteiger partial charge in [0.1, 0.15) is 22.6 Å². The first-order valence-electron chi connectivity index (χ1n) is 13.2. The van der Waals surface area contributed by atoms with Crippen LogP contribution < -0.4 is 20.9 Å². The smallest absolute Gasteiger partial charge is 0.275 e. The molecule has 3 fully saturated rings. The van der Waals surface area contributed by atoms with Crippen LogP contribution in [-0.4, -0.2) is 84.7 Å². The number of ether oxygens (including phenoxy) is 1. The molecule has 3 aliphatic rings. The Kier molecular flexibility index (Phi) is 7.28. The molecule has 6 rings (SSSR count). The fourth-order valence-corrected chi connectivity index (χ4v) is 7.13. The molecule has 2 atom stereocenters. The number of fused-ring (bicyclic) bond motifs is 1. The van der Waals surface area contributed by atoms with Gasteiger partial charge in [-0.3, -0.25) is 14.1 Å². The molecule has 2 aromatic heterocycles. The Balaban J connectivity index is 1.03. The molecule has 0 unspecified atom stereocenters. The minimum Gasteiger partial charge on any atom is -0.492 e. The van der Waals surface area contributed by atoms with Crippen LogP contribution in [0.4, 0.5) is 5.82 Å². The Morgan fingerprint density at radius 2 is 2.00 bits per heavy atom. The summed E-state index contributed by atoms with van der Waals surface area (Å²) in [5.41, 5.74) is 1.84. The van der Waals surface area contributed by atoms with Gasteiger partial charge < -0.3 is 20.3 Å². The van der Waals surface area contributed by atoms with E-state index in [9.17, 15) is 4.79 Å². The third-order valence-corrected chi connectivity index (χ3v) is 9.80. The molecular formula is C27H35BrN6O2S. The predicted molar refractivity (Wildman–Crippen MR) is 152 cm³/mol. The molecule has 3 saturated heterocycles. The summed E-state index contributed by atoms with van der Waals surface area (Å²) in [5.74, 6) is 1.97. The van der Waals surface area contributed by atoms with Crippen LogP contribution in [-0.2, 0) is 0 Å². The Morgan fingerprint density at radius 1 is 1.22 bits per heavy atom. The van der Waals surface area contributed by atoms with Crippen LogP contribution in [0.3, 0.4) is 0 Å². The molecule has 10 heteroatoms. The number of likely N-dealkylation sites (N-methyl/N-ethyl adjacent to an activating group) is 1. The number of hydrogen-bond acceptors (Lipinski definition) is 8. The van der Waals surface area contributed by atoms with Gasteiger partial charge in [0.25, 0.3) is 5.56 Å². The molecule has 0 bridgehead atoms. The van der Waals surface area contributed by atoms with E-state index in [1.807, 2.05) is 5.38 Å². The zero-order valence-corrected chi connectivity index (χ0v) is 23.7. The average Bonchev–Trinajstić information content (AvgIpc) is 3.35. The fraction of sp³-hybridized carbons (Fsp3) is 0.556. The predicted octanol–water partition coefficient (Wildman–Crippen LogP) is 3.48. The van der Waals surface area contributed by atoms with E-state index >= 15 is 0 Å². The number of nitrogens with zero attached hydrogens (tertiary/aromatic N) is 4. The molecule has 0 aliphatic carbocycles. The van der Waals surface area contributed by atoms with Crippen molar-refractivity contribution >= 4 is 38.0 Å². The second-order valence-electron chi connectivity index (χ2n) is 11.0. The Labute approximate surface area is 230 Å². The summed E-state index contributed by atoms with van der Waals surface area (Å²) in [6, 6.07) is 8.85. The van der Waals surface area contributed by atoms with Gasteiger partial charge in [-0.2, -0.15) is 0 Å². The van der Waals surface area contributed by atoms with Crippen LogP contribution in [0.15, 0.2) is 45.1 Å². The molecule has 1 aromatic carbocycles. The topological polar surface area (TPSA) is 74.1 Å². The van der Waals surface area contributed by atoms with E-state index in [-0.39, 0.29) is 11.6 Å². The van der Waals surface area contributed by atoms with E-state index < -0.39 is 0 Å². The maximum Gasteiger partial charge on any atom is 0.275 e. The van der Waals surface area contributed by atoms with Crippen molar-refractivity contribution < 1.29 is 4.74 Å². The summed E-state index contributed by atoms with van der Waals surface area (Å²) >= 11 is 4.93. The summed E-state index contributed by atoms with van der Waals surface area (Å²) in [7, 11) is 2.15. The average molecular weight is 588 g/mol. The number of piperidine rings is 2. The number of halogens is 1. The molecule has 0 radical (unpaired) electrons. The van der Waals surface area contributed by atoms with E-state index in [0.29, 0.717) is 26.6 Å². The lowest BCUT2D eigenvalue weighted by atomic mass is 9.73. The molecule has 3 aliphatic heterocycles. The zero-order valence-electron chi connectivity index (χ0n) is 21.3. The number of rotatable bonds is 7. The zero-order chi connectivity index (χ0) is 25.4. The van der Waals surface area contributed by atoms with Gasteiger partial charge >= 0.3 is 0 Å². The lowest BCUT2D eigenvalue weighted by Crippen LogP contribution is -2.58. The van der Waals surface area contributed by atoms with Crippen molar-refractivity contribution in [3.63, 3.8) is 0 Å². The molecular weight excluding hydrogens is 552 g/mol. The van der Waals surface area contributed by atoms with E-state index in [4.69, 9.17) is 4.74 Å². The van der Waals surface area contributed by atoms with Gasteiger partial charge in [0.05, 0.1) is 0 Å². The third kappa shape index (κ3) is 5.45. The minimum atomic E-state index is -0.0788.